The van der Waals surface area contributed by atoms with E-state index in [0.29, 0.717) is 0 Å². The van der Waals surface area contributed by atoms with E-state index >= 15 is 0 Å². The summed E-state index contributed by atoms with van der Waals surface area (Å²) in [6.07, 6.45) is 1.78. The Bertz CT molecular complexity index is 396. The van der Waals surface area contributed by atoms with Gasteiger partial charge in [0.1, 0.15) is 4.83 Å². The molecule has 0 bridgehead atoms. The highest BCUT2D eigenvalue weighted by molar-refractivity contribution is 9.10. The van der Waals surface area contributed by atoms with Crippen molar-refractivity contribution in [2.45, 2.75) is 0 Å². The van der Waals surface area contributed by atoms with Gasteiger partial charge in [0.15, 0.2) is 0 Å². The number of nitrogens with two attached hydrogens (primary N) is 1. The van der Waals surface area contributed by atoms with Crippen LogP contribution < -0.4 is 5.73 Å². The Hall–Kier alpha value is -0.610. The van der Waals surface area contributed by atoms with Gasteiger partial charge in [-0.3, -0.25) is 0 Å². The van der Waals surface area contributed by atoms with Gasteiger partial charge in [0, 0.05) is 16.1 Å². The topological polar surface area (TPSA) is 38.9 Å². The van der Waals surface area contributed by atoms with Crippen LogP contribution in [0.5, 0.6) is 0 Å². The fourth-order valence-corrected chi connectivity index (χ4v) is 2.02. The molecule has 0 fully saturated rings. The van der Waals surface area contributed by atoms with Crippen molar-refractivity contribution >= 4 is 42.5 Å². The Morgan fingerprint density at radius 1 is 1.45 bits per heavy atom. The average Bonchev–Trinajstić information content (AvgIpc) is 2.27. The number of anilines is 1. The smallest absolute Gasteiger partial charge is 0.125 e. The Labute approximate surface area is 76.2 Å². The summed E-state index contributed by atoms with van der Waals surface area (Å²) < 4.78 is 0.989. The van der Waals surface area contributed by atoms with Gasteiger partial charge in [-0.2, -0.15) is 0 Å². The van der Waals surface area contributed by atoms with Crippen LogP contribution in [0.15, 0.2) is 22.8 Å². The summed E-state index contributed by atoms with van der Waals surface area (Å²) in [5, 5.41) is 1.91. The lowest BCUT2D eigenvalue weighted by molar-refractivity contribution is 1.42. The maximum atomic E-state index is 5.60. The standard InChI is InChI=1S/C7H5BrN2S/c8-5-1-4-2-6(9)11-7(4)10-3-5/h1-3H,9H2. The predicted molar refractivity (Wildman–Crippen MR) is 51.7 cm³/mol. The SMILES string of the molecule is Nc1cc2cc(Br)cnc2s1. The summed E-state index contributed by atoms with van der Waals surface area (Å²) in [5.41, 5.74) is 5.60. The number of nitrogen functional groups attached to an aromatic ring is 1. The molecule has 0 spiro atoms. The molecule has 0 radical (unpaired) electrons. The molecule has 2 heterocycles. The highest BCUT2D eigenvalue weighted by Gasteiger charge is 1.99. The largest absolute Gasteiger partial charge is 0.391 e. The summed E-state index contributed by atoms with van der Waals surface area (Å²) >= 11 is 4.85. The fraction of sp³-hybridized carbons (Fsp3) is 0. The molecule has 0 aliphatic rings. The van der Waals surface area contributed by atoms with E-state index in [2.05, 4.69) is 20.9 Å². The lowest BCUT2D eigenvalue weighted by Gasteiger charge is -1.87. The molecule has 2 aromatic rings. The van der Waals surface area contributed by atoms with Gasteiger partial charge in [-0.1, -0.05) is 11.3 Å². The fourth-order valence-electron chi connectivity index (χ4n) is 0.925. The second-order valence-electron chi connectivity index (χ2n) is 2.20. The summed E-state index contributed by atoms with van der Waals surface area (Å²) in [6.45, 7) is 0. The van der Waals surface area contributed by atoms with Gasteiger partial charge < -0.3 is 5.73 Å². The van der Waals surface area contributed by atoms with E-state index in [9.17, 15) is 0 Å². The van der Waals surface area contributed by atoms with E-state index in [1.165, 1.54) is 11.3 Å². The van der Waals surface area contributed by atoms with E-state index < -0.39 is 0 Å². The van der Waals surface area contributed by atoms with Crippen LogP contribution in [-0.2, 0) is 0 Å². The molecule has 0 unspecified atom stereocenters. The lowest BCUT2D eigenvalue weighted by Crippen LogP contribution is -1.72. The van der Waals surface area contributed by atoms with Gasteiger partial charge in [-0.05, 0) is 28.1 Å². The molecule has 0 amide bonds. The minimum absolute atomic E-state index is 0.811. The molecule has 2 nitrogen and oxygen atoms in total. The maximum Gasteiger partial charge on any atom is 0.125 e. The van der Waals surface area contributed by atoms with E-state index in [-0.39, 0.29) is 0 Å². The normalized spacial score (nSPS) is 10.6. The monoisotopic (exact) mass is 228 g/mol. The minimum Gasteiger partial charge on any atom is -0.391 e. The van der Waals surface area contributed by atoms with Crippen LogP contribution in [0.3, 0.4) is 0 Å². The third-order valence-corrected chi connectivity index (χ3v) is 2.68. The zero-order valence-corrected chi connectivity index (χ0v) is 7.95. The second kappa shape index (κ2) is 2.46. The predicted octanol–water partition coefficient (Wildman–Crippen LogP) is 2.64. The van der Waals surface area contributed by atoms with Crippen LogP contribution in [0.2, 0.25) is 0 Å². The molecular formula is C7H5BrN2S. The van der Waals surface area contributed by atoms with Gasteiger partial charge in [0.2, 0.25) is 0 Å². The van der Waals surface area contributed by atoms with Crippen molar-refractivity contribution in [1.82, 2.24) is 4.98 Å². The number of thiophene rings is 1. The summed E-state index contributed by atoms with van der Waals surface area (Å²) in [7, 11) is 0. The number of pyridine rings is 1. The first-order valence-corrected chi connectivity index (χ1v) is 4.67. The minimum atomic E-state index is 0.811. The zero-order valence-electron chi connectivity index (χ0n) is 5.54. The Balaban J connectivity index is 2.82. The third-order valence-electron chi connectivity index (χ3n) is 1.36. The molecule has 0 saturated heterocycles. The van der Waals surface area contributed by atoms with E-state index in [1.54, 1.807) is 6.20 Å². The summed E-state index contributed by atoms with van der Waals surface area (Å²) in [4.78, 5) is 5.18. The van der Waals surface area contributed by atoms with Crippen molar-refractivity contribution in [3.05, 3.63) is 22.8 Å². The Kier molecular flexibility index (Phi) is 1.58. The van der Waals surface area contributed by atoms with Gasteiger partial charge in [0.05, 0.1) is 5.00 Å². The molecule has 56 valence electrons. The highest BCUT2D eigenvalue weighted by atomic mass is 79.9. The van der Waals surface area contributed by atoms with Crippen molar-refractivity contribution < 1.29 is 0 Å². The van der Waals surface area contributed by atoms with Crippen molar-refractivity contribution in [2.75, 3.05) is 5.73 Å². The molecule has 0 saturated carbocycles. The van der Waals surface area contributed by atoms with E-state index in [1.807, 2.05) is 12.1 Å². The quantitative estimate of drug-likeness (QED) is 0.754. The Morgan fingerprint density at radius 3 is 3.09 bits per heavy atom. The van der Waals surface area contributed by atoms with Crippen molar-refractivity contribution in [2.24, 2.45) is 0 Å². The van der Waals surface area contributed by atoms with Gasteiger partial charge >= 0.3 is 0 Å². The third kappa shape index (κ3) is 1.23. The summed E-state index contributed by atoms with van der Waals surface area (Å²) in [5.74, 6) is 0. The molecular weight excluding hydrogens is 224 g/mol. The maximum absolute atomic E-state index is 5.60. The first-order valence-electron chi connectivity index (χ1n) is 3.06. The van der Waals surface area contributed by atoms with Crippen LogP contribution in [0.1, 0.15) is 0 Å². The van der Waals surface area contributed by atoms with Crippen LogP contribution in [-0.4, -0.2) is 4.98 Å². The van der Waals surface area contributed by atoms with Crippen LogP contribution >= 0.6 is 27.3 Å². The molecule has 0 aromatic carbocycles. The molecule has 11 heavy (non-hydrogen) atoms. The molecule has 2 rings (SSSR count). The molecule has 0 aliphatic heterocycles. The number of hydrogen-bond donors (Lipinski definition) is 1. The van der Waals surface area contributed by atoms with Crippen LogP contribution in [0.4, 0.5) is 5.00 Å². The number of rotatable bonds is 0. The number of hydrogen-bond acceptors (Lipinski definition) is 3. The molecule has 2 aromatic heterocycles. The van der Waals surface area contributed by atoms with Crippen molar-refractivity contribution in [3.63, 3.8) is 0 Å². The van der Waals surface area contributed by atoms with Crippen molar-refractivity contribution in [3.8, 4) is 0 Å². The molecule has 2 N–H and O–H groups in total. The second-order valence-corrected chi connectivity index (χ2v) is 4.17. The number of aromatic nitrogens is 1. The van der Waals surface area contributed by atoms with E-state index in [4.69, 9.17) is 5.73 Å². The van der Waals surface area contributed by atoms with E-state index in [0.717, 1.165) is 19.7 Å². The van der Waals surface area contributed by atoms with Gasteiger partial charge in [0.25, 0.3) is 0 Å². The van der Waals surface area contributed by atoms with Crippen LogP contribution in [0.25, 0.3) is 10.2 Å². The zero-order chi connectivity index (χ0) is 7.84. The lowest BCUT2D eigenvalue weighted by atomic mass is 10.3. The summed E-state index contributed by atoms with van der Waals surface area (Å²) in [6, 6.07) is 3.94. The number of nitrogens with zero attached hydrogens (tertiary/aromatic N) is 1. The number of fused-ring (bicyclic) bond motifs is 1. The molecule has 4 heteroatoms. The van der Waals surface area contributed by atoms with Crippen molar-refractivity contribution in [1.29, 1.82) is 0 Å². The highest BCUT2D eigenvalue weighted by Crippen LogP contribution is 2.27. The average molecular weight is 229 g/mol. The van der Waals surface area contributed by atoms with Crippen LogP contribution in [0, 0.1) is 0 Å². The molecule has 0 atom stereocenters. The first kappa shape index (κ1) is 7.06. The Morgan fingerprint density at radius 2 is 2.27 bits per heavy atom. The first-order chi connectivity index (χ1) is 5.25. The number of halogens is 1. The van der Waals surface area contributed by atoms with Gasteiger partial charge in [-0.25, -0.2) is 4.98 Å². The van der Waals surface area contributed by atoms with Gasteiger partial charge in [-0.15, -0.1) is 0 Å². The molecule has 0 aliphatic carbocycles.